The second-order valence-corrected chi connectivity index (χ2v) is 5.35. The minimum Gasteiger partial charge on any atom is -0.374 e. The average Bonchev–Trinajstić information content (AvgIpc) is 2.50. The summed E-state index contributed by atoms with van der Waals surface area (Å²) >= 11 is 5.82. The van der Waals surface area contributed by atoms with Crippen molar-refractivity contribution in [2.75, 3.05) is 10.6 Å². The van der Waals surface area contributed by atoms with Crippen LogP contribution in [0.5, 0.6) is 0 Å². The van der Waals surface area contributed by atoms with Crippen LogP contribution in [0, 0.1) is 0 Å². The molecule has 2 N–H and O–H groups in total. The van der Waals surface area contributed by atoms with Crippen molar-refractivity contribution in [2.45, 2.75) is 26.3 Å². The summed E-state index contributed by atoms with van der Waals surface area (Å²) in [4.78, 5) is 12.1. The molecule has 0 aliphatic rings. The third-order valence-electron chi connectivity index (χ3n) is 3.25. The van der Waals surface area contributed by atoms with Gasteiger partial charge in [0.05, 0.1) is 0 Å². The van der Waals surface area contributed by atoms with Crippen molar-refractivity contribution in [2.24, 2.45) is 0 Å². The quantitative estimate of drug-likeness (QED) is 0.862. The van der Waals surface area contributed by atoms with E-state index in [0.717, 1.165) is 17.8 Å². The van der Waals surface area contributed by atoms with Gasteiger partial charge in [-0.05, 0) is 55.3 Å². The minimum atomic E-state index is -0.326. The molecule has 110 valence electrons. The van der Waals surface area contributed by atoms with Gasteiger partial charge >= 0.3 is 0 Å². The minimum absolute atomic E-state index is 0.0862. The highest BCUT2D eigenvalue weighted by atomic mass is 35.5. The van der Waals surface area contributed by atoms with Gasteiger partial charge in [0, 0.05) is 16.4 Å². The molecule has 0 aliphatic heterocycles. The van der Waals surface area contributed by atoms with Crippen LogP contribution in [0.2, 0.25) is 5.02 Å². The molecule has 0 saturated heterocycles. The highest BCUT2D eigenvalue weighted by Crippen LogP contribution is 2.15. The summed E-state index contributed by atoms with van der Waals surface area (Å²) in [5.41, 5.74) is 2.95. The molecular formula is C17H19ClN2O. The van der Waals surface area contributed by atoms with E-state index in [0.29, 0.717) is 5.02 Å². The monoisotopic (exact) mass is 302 g/mol. The number of nitrogens with one attached hydrogen (secondary N) is 2. The molecule has 2 aromatic carbocycles. The Morgan fingerprint density at radius 3 is 2.19 bits per heavy atom. The summed E-state index contributed by atoms with van der Waals surface area (Å²) in [6.45, 7) is 3.95. The number of benzene rings is 2. The van der Waals surface area contributed by atoms with Crippen LogP contribution in [0.4, 0.5) is 11.4 Å². The standard InChI is InChI=1S/C17H19ClN2O/c1-3-13-4-8-15(9-5-13)19-12(2)17(21)20-16-10-6-14(18)7-11-16/h4-12,19H,3H2,1-2H3,(H,20,21)/t12-/m0/s1. The van der Waals surface area contributed by atoms with Crippen LogP contribution in [0.3, 0.4) is 0 Å². The van der Waals surface area contributed by atoms with Gasteiger partial charge in [-0.15, -0.1) is 0 Å². The zero-order chi connectivity index (χ0) is 15.2. The van der Waals surface area contributed by atoms with Crippen molar-refractivity contribution in [3.63, 3.8) is 0 Å². The highest BCUT2D eigenvalue weighted by molar-refractivity contribution is 6.30. The van der Waals surface area contributed by atoms with Crippen LogP contribution in [0.15, 0.2) is 48.5 Å². The summed E-state index contributed by atoms with van der Waals surface area (Å²) in [7, 11) is 0. The Kier molecular flexibility index (Phi) is 5.23. The number of amides is 1. The molecule has 1 atom stereocenters. The molecule has 0 aliphatic carbocycles. The second-order valence-electron chi connectivity index (χ2n) is 4.91. The fraction of sp³-hybridized carbons (Fsp3) is 0.235. The van der Waals surface area contributed by atoms with E-state index in [4.69, 9.17) is 11.6 Å². The molecule has 3 nitrogen and oxygen atoms in total. The first-order valence-corrected chi connectivity index (χ1v) is 7.38. The van der Waals surface area contributed by atoms with Crippen LogP contribution >= 0.6 is 11.6 Å². The molecular weight excluding hydrogens is 284 g/mol. The van der Waals surface area contributed by atoms with Crippen molar-refractivity contribution in [3.05, 3.63) is 59.1 Å². The van der Waals surface area contributed by atoms with Crippen molar-refractivity contribution >= 4 is 28.9 Å². The first kappa shape index (κ1) is 15.4. The topological polar surface area (TPSA) is 41.1 Å². The summed E-state index contributed by atoms with van der Waals surface area (Å²) in [5, 5.41) is 6.69. The summed E-state index contributed by atoms with van der Waals surface area (Å²) in [5.74, 6) is -0.0862. The van der Waals surface area contributed by atoms with E-state index in [2.05, 4.69) is 29.7 Å². The molecule has 0 unspecified atom stereocenters. The zero-order valence-corrected chi connectivity index (χ0v) is 12.9. The van der Waals surface area contributed by atoms with E-state index in [1.807, 2.05) is 19.1 Å². The summed E-state index contributed by atoms with van der Waals surface area (Å²) in [6, 6.07) is 14.8. The molecule has 0 radical (unpaired) electrons. The van der Waals surface area contributed by atoms with Crippen LogP contribution < -0.4 is 10.6 Å². The number of halogens is 1. The maximum absolute atomic E-state index is 12.1. The number of carbonyl (C=O) groups excluding carboxylic acids is 1. The molecule has 0 heterocycles. The summed E-state index contributed by atoms with van der Waals surface area (Å²) in [6.07, 6.45) is 1.01. The van der Waals surface area contributed by atoms with Gasteiger partial charge in [-0.25, -0.2) is 0 Å². The molecule has 0 fully saturated rings. The first-order chi connectivity index (χ1) is 10.1. The fourth-order valence-electron chi connectivity index (χ4n) is 1.94. The molecule has 0 aromatic heterocycles. The van der Waals surface area contributed by atoms with Crippen molar-refractivity contribution in [1.82, 2.24) is 0 Å². The molecule has 4 heteroatoms. The molecule has 2 rings (SSSR count). The second kappa shape index (κ2) is 7.14. The van der Waals surface area contributed by atoms with Gasteiger partial charge in [0.15, 0.2) is 0 Å². The van der Waals surface area contributed by atoms with E-state index in [-0.39, 0.29) is 11.9 Å². The fourth-order valence-corrected chi connectivity index (χ4v) is 2.06. The number of hydrogen-bond donors (Lipinski definition) is 2. The van der Waals surface area contributed by atoms with Crippen molar-refractivity contribution in [3.8, 4) is 0 Å². The Labute approximate surface area is 130 Å². The van der Waals surface area contributed by atoms with Gasteiger partial charge in [0.1, 0.15) is 6.04 Å². The van der Waals surface area contributed by atoms with E-state index in [9.17, 15) is 4.79 Å². The normalized spacial score (nSPS) is 11.8. The van der Waals surface area contributed by atoms with Gasteiger partial charge in [-0.2, -0.15) is 0 Å². The Morgan fingerprint density at radius 1 is 1.05 bits per heavy atom. The van der Waals surface area contributed by atoms with Gasteiger partial charge in [0.25, 0.3) is 0 Å². The maximum atomic E-state index is 12.1. The lowest BCUT2D eigenvalue weighted by atomic mass is 10.1. The Hall–Kier alpha value is -2.00. The van der Waals surface area contributed by atoms with E-state index in [1.165, 1.54) is 5.56 Å². The highest BCUT2D eigenvalue weighted by Gasteiger charge is 2.12. The predicted molar refractivity (Wildman–Crippen MR) is 89.0 cm³/mol. The van der Waals surface area contributed by atoms with Crippen molar-refractivity contribution in [1.29, 1.82) is 0 Å². The van der Waals surface area contributed by atoms with Gasteiger partial charge in [0.2, 0.25) is 5.91 Å². The number of anilines is 2. The smallest absolute Gasteiger partial charge is 0.246 e. The third kappa shape index (κ3) is 4.50. The molecule has 2 aromatic rings. The number of carbonyl (C=O) groups is 1. The summed E-state index contributed by atoms with van der Waals surface area (Å²) < 4.78 is 0. The van der Waals surface area contributed by atoms with E-state index in [1.54, 1.807) is 24.3 Å². The van der Waals surface area contributed by atoms with E-state index < -0.39 is 0 Å². The largest absolute Gasteiger partial charge is 0.374 e. The van der Waals surface area contributed by atoms with Crippen molar-refractivity contribution < 1.29 is 4.79 Å². The van der Waals surface area contributed by atoms with Crippen LogP contribution in [-0.2, 0) is 11.2 Å². The zero-order valence-electron chi connectivity index (χ0n) is 12.2. The molecule has 0 bridgehead atoms. The van der Waals surface area contributed by atoms with Gasteiger partial charge < -0.3 is 10.6 Å². The lowest BCUT2D eigenvalue weighted by molar-refractivity contribution is -0.116. The first-order valence-electron chi connectivity index (χ1n) is 7.00. The lowest BCUT2D eigenvalue weighted by Gasteiger charge is -2.15. The Morgan fingerprint density at radius 2 is 1.62 bits per heavy atom. The Balaban J connectivity index is 1.93. The predicted octanol–water partition coefficient (Wildman–Crippen LogP) is 4.34. The molecule has 0 spiro atoms. The molecule has 21 heavy (non-hydrogen) atoms. The lowest BCUT2D eigenvalue weighted by Crippen LogP contribution is -2.31. The molecule has 0 saturated carbocycles. The molecule has 1 amide bonds. The average molecular weight is 303 g/mol. The van der Waals surface area contributed by atoms with Gasteiger partial charge in [-0.3, -0.25) is 4.79 Å². The Bertz CT molecular complexity index is 593. The maximum Gasteiger partial charge on any atom is 0.246 e. The van der Waals surface area contributed by atoms with Crippen LogP contribution in [-0.4, -0.2) is 11.9 Å². The van der Waals surface area contributed by atoms with Crippen LogP contribution in [0.1, 0.15) is 19.4 Å². The van der Waals surface area contributed by atoms with Crippen LogP contribution in [0.25, 0.3) is 0 Å². The SMILES string of the molecule is CCc1ccc(N[C@@H](C)C(=O)Nc2ccc(Cl)cc2)cc1. The van der Waals surface area contributed by atoms with E-state index >= 15 is 0 Å². The third-order valence-corrected chi connectivity index (χ3v) is 3.50. The number of aryl methyl sites for hydroxylation is 1. The van der Waals surface area contributed by atoms with Gasteiger partial charge in [-0.1, -0.05) is 30.7 Å². The number of hydrogen-bond acceptors (Lipinski definition) is 2. The number of rotatable bonds is 5.